The maximum Gasteiger partial charge on any atom is 0.255 e. The van der Waals surface area contributed by atoms with Gasteiger partial charge in [-0.05, 0) is 81.1 Å². The first-order chi connectivity index (χ1) is 15.1. The molecule has 7 nitrogen and oxygen atoms in total. The predicted molar refractivity (Wildman–Crippen MR) is 127 cm³/mol. The first-order valence-electron chi connectivity index (χ1n) is 10.9. The van der Waals surface area contributed by atoms with Crippen LogP contribution in [-0.2, 0) is 14.8 Å². The highest BCUT2D eigenvalue weighted by Crippen LogP contribution is 2.35. The zero-order valence-corrected chi connectivity index (χ0v) is 19.5. The van der Waals surface area contributed by atoms with E-state index in [2.05, 4.69) is 17.1 Å². The van der Waals surface area contributed by atoms with Crippen LogP contribution in [0.25, 0.3) is 0 Å². The van der Waals surface area contributed by atoms with Crippen LogP contribution in [0.2, 0.25) is 0 Å². The van der Waals surface area contributed by atoms with Crippen LogP contribution >= 0.6 is 0 Å². The Balaban J connectivity index is 1.43. The average molecular weight is 456 g/mol. The van der Waals surface area contributed by atoms with Crippen LogP contribution in [0.1, 0.15) is 44.0 Å². The van der Waals surface area contributed by atoms with Gasteiger partial charge in [-0.2, -0.15) is 0 Å². The Kier molecular flexibility index (Phi) is 5.75. The number of nitrogens with one attached hydrogen (secondary N) is 1. The number of amides is 2. The largest absolute Gasteiger partial charge is 0.372 e. The smallest absolute Gasteiger partial charge is 0.255 e. The zero-order chi connectivity index (χ0) is 23.1. The molecule has 0 aliphatic carbocycles. The summed E-state index contributed by atoms with van der Waals surface area (Å²) in [5.74, 6) is -0.218. The topological polar surface area (TPSA) is 86.8 Å². The van der Waals surface area contributed by atoms with Crippen molar-refractivity contribution < 1.29 is 18.0 Å². The highest BCUT2D eigenvalue weighted by Gasteiger charge is 2.49. The molecule has 0 saturated carbocycles. The first-order valence-corrected chi connectivity index (χ1v) is 12.5. The van der Waals surface area contributed by atoms with Gasteiger partial charge in [-0.15, -0.1) is 0 Å². The zero-order valence-electron chi connectivity index (χ0n) is 18.7. The van der Waals surface area contributed by atoms with Gasteiger partial charge in [0, 0.05) is 30.0 Å². The van der Waals surface area contributed by atoms with Gasteiger partial charge in [0.2, 0.25) is 15.9 Å². The third kappa shape index (κ3) is 4.37. The number of anilines is 3. The van der Waals surface area contributed by atoms with Gasteiger partial charge in [-0.25, -0.2) is 12.7 Å². The average Bonchev–Trinajstić information content (AvgIpc) is 2.91. The third-order valence-electron chi connectivity index (χ3n) is 6.22. The van der Waals surface area contributed by atoms with Crippen molar-refractivity contribution in [1.29, 1.82) is 0 Å². The molecule has 2 aromatic carbocycles. The number of rotatable bonds is 4. The molecule has 2 aromatic rings. The van der Waals surface area contributed by atoms with Gasteiger partial charge < -0.3 is 10.2 Å². The van der Waals surface area contributed by atoms with Gasteiger partial charge in [0.25, 0.3) is 5.91 Å². The number of hydrogen-bond acceptors (Lipinski definition) is 5. The second-order valence-corrected chi connectivity index (χ2v) is 11.2. The Morgan fingerprint density at radius 3 is 2.06 bits per heavy atom. The molecule has 0 atom stereocenters. The predicted octanol–water partition coefficient (Wildman–Crippen LogP) is 3.88. The van der Waals surface area contributed by atoms with Crippen LogP contribution in [0.15, 0.2) is 48.5 Å². The molecule has 32 heavy (non-hydrogen) atoms. The van der Waals surface area contributed by atoms with Crippen molar-refractivity contribution in [3.8, 4) is 0 Å². The fourth-order valence-electron chi connectivity index (χ4n) is 4.24. The number of hydrogen-bond donors (Lipinski definition) is 1. The molecule has 170 valence electrons. The van der Waals surface area contributed by atoms with Gasteiger partial charge in [-0.3, -0.25) is 9.59 Å². The van der Waals surface area contributed by atoms with Crippen molar-refractivity contribution in [3.63, 3.8) is 0 Å². The molecule has 0 unspecified atom stereocenters. The number of sulfonamides is 1. The molecule has 4 rings (SSSR count). The van der Waals surface area contributed by atoms with E-state index in [4.69, 9.17) is 0 Å². The Morgan fingerprint density at radius 1 is 0.969 bits per heavy atom. The number of benzene rings is 2. The molecule has 2 saturated heterocycles. The van der Waals surface area contributed by atoms with E-state index in [0.29, 0.717) is 11.3 Å². The fraction of sp³-hybridized carbons (Fsp3) is 0.417. The normalized spacial score (nSPS) is 20.4. The van der Waals surface area contributed by atoms with E-state index in [1.807, 2.05) is 24.3 Å². The van der Waals surface area contributed by atoms with Crippen molar-refractivity contribution in [1.82, 2.24) is 0 Å². The maximum absolute atomic E-state index is 12.6. The van der Waals surface area contributed by atoms with E-state index in [0.717, 1.165) is 29.0 Å². The quantitative estimate of drug-likeness (QED) is 0.756. The lowest BCUT2D eigenvalue weighted by Crippen LogP contribution is -2.32. The molecule has 1 N–H and O–H groups in total. The van der Waals surface area contributed by atoms with Gasteiger partial charge in [0.15, 0.2) is 0 Å². The van der Waals surface area contributed by atoms with Crippen LogP contribution in [-0.4, -0.2) is 39.1 Å². The summed E-state index contributed by atoms with van der Waals surface area (Å²) < 4.78 is 25.7. The first kappa shape index (κ1) is 22.3. The Labute approximate surface area is 189 Å². The van der Waals surface area contributed by atoms with Gasteiger partial charge in [-0.1, -0.05) is 6.92 Å². The molecule has 0 spiro atoms. The number of carbonyl (C=O) groups excluding carboxylic acids is 2. The SMILES string of the molecule is CC1CCN(c2ccc(NC(=O)c3ccc(N4C(=O)C(C)(C)CS4(=O)=O)cc3)cc2)CC1. The van der Waals surface area contributed by atoms with E-state index >= 15 is 0 Å². The van der Waals surface area contributed by atoms with Crippen LogP contribution in [0.3, 0.4) is 0 Å². The number of carbonyl (C=O) groups is 2. The van der Waals surface area contributed by atoms with Crippen molar-refractivity contribution in [2.24, 2.45) is 11.3 Å². The molecular weight excluding hydrogens is 426 g/mol. The van der Waals surface area contributed by atoms with E-state index in [1.54, 1.807) is 13.8 Å². The molecule has 2 heterocycles. The lowest BCUT2D eigenvalue weighted by molar-refractivity contribution is -0.123. The van der Waals surface area contributed by atoms with Gasteiger partial charge >= 0.3 is 0 Å². The molecule has 2 aliphatic rings. The fourth-order valence-corrected chi connectivity index (χ4v) is 6.34. The lowest BCUT2D eigenvalue weighted by atomic mass is 9.95. The summed E-state index contributed by atoms with van der Waals surface area (Å²) in [7, 11) is -3.72. The van der Waals surface area contributed by atoms with Gasteiger partial charge in [0.05, 0.1) is 16.9 Å². The number of piperidine rings is 1. The molecule has 2 aliphatic heterocycles. The van der Waals surface area contributed by atoms with Crippen molar-refractivity contribution in [3.05, 3.63) is 54.1 Å². The highest BCUT2D eigenvalue weighted by atomic mass is 32.2. The van der Waals surface area contributed by atoms with E-state index in [1.165, 1.54) is 37.1 Å². The van der Waals surface area contributed by atoms with E-state index in [9.17, 15) is 18.0 Å². The molecule has 0 bridgehead atoms. The second-order valence-electron chi connectivity index (χ2n) is 9.43. The second kappa shape index (κ2) is 8.24. The lowest BCUT2D eigenvalue weighted by Gasteiger charge is -2.32. The minimum absolute atomic E-state index is 0.229. The van der Waals surface area contributed by atoms with Gasteiger partial charge in [0.1, 0.15) is 0 Å². The van der Waals surface area contributed by atoms with Crippen LogP contribution < -0.4 is 14.5 Å². The summed E-state index contributed by atoms with van der Waals surface area (Å²) in [4.78, 5) is 27.5. The summed E-state index contributed by atoms with van der Waals surface area (Å²) in [6.07, 6.45) is 2.38. The molecule has 8 heteroatoms. The Bertz CT molecular complexity index is 1120. The highest BCUT2D eigenvalue weighted by molar-refractivity contribution is 7.94. The number of nitrogens with zero attached hydrogens (tertiary/aromatic N) is 2. The summed E-state index contributed by atoms with van der Waals surface area (Å²) in [6, 6.07) is 13.8. The Hall–Kier alpha value is -2.87. The maximum atomic E-state index is 12.6. The van der Waals surface area contributed by atoms with E-state index < -0.39 is 21.3 Å². The third-order valence-corrected chi connectivity index (χ3v) is 8.24. The molecule has 2 fully saturated rings. The monoisotopic (exact) mass is 455 g/mol. The van der Waals surface area contributed by atoms with Crippen LogP contribution in [0, 0.1) is 11.3 Å². The summed E-state index contributed by atoms with van der Waals surface area (Å²) >= 11 is 0. The minimum atomic E-state index is -3.72. The van der Waals surface area contributed by atoms with E-state index in [-0.39, 0.29) is 17.3 Å². The van der Waals surface area contributed by atoms with Crippen molar-refractivity contribution >= 4 is 38.9 Å². The Morgan fingerprint density at radius 2 is 1.53 bits per heavy atom. The summed E-state index contributed by atoms with van der Waals surface area (Å²) in [5.41, 5.74) is 1.50. The standard InChI is InChI=1S/C24H29N3O4S/c1-17-12-14-26(15-13-17)20-10-6-19(7-11-20)25-22(28)18-4-8-21(9-5-18)27-23(29)24(2,3)16-32(27,30)31/h4-11,17H,12-16H2,1-3H3,(H,25,28). The molecule has 2 amide bonds. The van der Waals surface area contributed by atoms with Crippen LogP contribution in [0.4, 0.5) is 17.1 Å². The summed E-state index contributed by atoms with van der Waals surface area (Å²) in [5, 5.41) is 2.87. The van der Waals surface area contributed by atoms with Crippen molar-refractivity contribution in [2.45, 2.75) is 33.6 Å². The minimum Gasteiger partial charge on any atom is -0.372 e. The van der Waals surface area contributed by atoms with Crippen LogP contribution in [0.5, 0.6) is 0 Å². The molecule has 0 aromatic heterocycles. The summed E-state index contributed by atoms with van der Waals surface area (Å²) in [6.45, 7) is 7.61. The van der Waals surface area contributed by atoms with Crippen molar-refractivity contribution in [2.75, 3.05) is 33.4 Å². The molecule has 0 radical (unpaired) electrons. The molecular formula is C24H29N3O4S.